The molecule has 1 N–H and O–H groups in total. The summed E-state index contributed by atoms with van der Waals surface area (Å²) in [5.74, 6) is -0.480. The second kappa shape index (κ2) is 4.43. The van der Waals surface area contributed by atoms with Gasteiger partial charge < -0.3 is 4.57 Å². The van der Waals surface area contributed by atoms with Gasteiger partial charge >= 0.3 is 0 Å². The van der Waals surface area contributed by atoms with Crippen LogP contribution >= 0.6 is 0 Å². The van der Waals surface area contributed by atoms with Gasteiger partial charge in [-0.05, 0) is 32.2 Å². The molecule has 0 fully saturated rings. The average Bonchev–Trinajstić information content (AvgIpc) is 2.36. The number of sulfonamides is 1. The van der Waals surface area contributed by atoms with E-state index in [9.17, 15) is 17.6 Å². The molecule has 1 aromatic heterocycles. The zero-order chi connectivity index (χ0) is 14.4. The lowest BCUT2D eigenvalue weighted by molar-refractivity contribution is 0.585. The number of nitrogens with one attached hydrogen (secondary N) is 1. The Bertz CT molecular complexity index is 825. The Balaban J connectivity index is 3.06. The highest BCUT2D eigenvalue weighted by molar-refractivity contribution is 7.89. The van der Waals surface area contributed by atoms with Crippen LogP contribution in [0.15, 0.2) is 27.9 Å². The van der Waals surface area contributed by atoms with Crippen molar-refractivity contribution in [3.63, 3.8) is 0 Å². The topological polar surface area (TPSA) is 68.2 Å². The molecule has 0 amide bonds. The predicted molar refractivity (Wildman–Crippen MR) is 70.1 cm³/mol. The van der Waals surface area contributed by atoms with Crippen molar-refractivity contribution in [2.24, 2.45) is 7.05 Å². The zero-order valence-electron chi connectivity index (χ0n) is 10.7. The third-order valence-corrected chi connectivity index (χ3v) is 4.70. The number of pyridine rings is 1. The van der Waals surface area contributed by atoms with E-state index in [0.717, 1.165) is 6.07 Å². The highest BCUT2D eigenvalue weighted by Gasteiger charge is 2.23. The van der Waals surface area contributed by atoms with Gasteiger partial charge in [-0.3, -0.25) is 4.79 Å². The maximum atomic E-state index is 13.2. The maximum Gasteiger partial charge on any atom is 0.245 e. The summed E-state index contributed by atoms with van der Waals surface area (Å²) in [5, 5.41) is 0.170. The Labute approximate surface area is 109 Å². The molecule has 102 valence electrons. The number of halogens is 1. The lowest BCUT2D eigenvalue weighted by Gasteiger charge is -2.14. The number of aromatic nitrogens is 1. The average molecular weight is 284 g/mol. The Morgan fingerprint density at radius 2 is 1.95 bits per heavy atom. The van der Waals surface area contributed by atoms with E-state index >= 15 is 0 Å². The van der Waals surface area contributed by atoms with Crippen molar-refractivity contribution < 1.29 is 12.8 Å². The molecule has 1 aromatic carbocycles. The molecule has 2 aromatic rings. The fourth-order valence-corrected chi connectivity index (χ4v) is 3.10. The first-order valence-electron chi connectivity index (χ1n) is 5.52. The summed E-state index contributed by atoms with van der Waals surface area (Å²) in [6, 6.07) is 3.63. The van der Waals surface area contributed by atoms with Crippen molar-refractivity contribution in [3.8, 4) is 0 Å². The van der Waals surface area contributed by atoms with Gasteiger partial charge in [0.1, 0.15) is 10.7 Å². The van der Waals surface area contributed by atoms with Gasteiger partial charge in [-0.25, -0.2) is 17.5 Å². The molecular formula is C12H13FN2O3S. The molecule has 0 atom stereocenters. The van der Waals surface area contributed by atoms with Gasteiger partial charge in [0.05, 0.1) is 5.52 Å². The molecule has 0 unspecified atom stereocenters. The van der Waals surface area contributed by atoms with Crippen molar-refractivity contribution in [3.05, 3.63) is 39.9 Å². The SMILES string of the molecule is CNS(=O)(=O)c1c(C)n(C)c2cc(F)ccc2c1=O. The molecule has 1 heterocycles. The summed E-state index contributed by atoms with van der Waals surface area (Å²) in [7, 11) is -1.03. The van der Waals surface area contributed by atoms with Crippen molar-refractivity contribution in [2.45, 2.75) is 11.8 Å². The summed E-state index contributed by atoms with van der Waals surface area (Å²) in [5.41, 5.74) is -0.00467. The molecule has 19 heavy (non-hydrogen) atoms. The van der Waals surface area contributed by atoms with Crippen LogP contribution in [-0.2, 0) is 17.1 Å². The number of aryl methyl sites for hydroxylation is 1. The summed E-state index contributed by atoms with van der Waals surface area (Å²) >= 11 is 0. The van der Waals surface area contributed by atoms with Gasteiger partial charge in [0.15, 0.2) is 0 Å². The third-order valence-electron chi connectivity index (χ3n) is 3.14. The number of rotatable bonds is 2. The van der Waals surface area contributed by atoms with Crippen LogP contribution in [0.4, 0.5) is 4.39 Å². The van der Waals surface area contributed by atoms with Crippen LogP contribution in [0.1, 0.15) is 5.69 Å². The second-order valence-corrected chi connectivity index (χ2v) is 6.00. The normalized spacial score (nSPS) is 12.0. The van der Waals surface area contributed by atoms with E-state index in [1.165, 1.54) is 30.7 Å². The van der Waals surface area contributed by atoms with Gasteiger partial charge in [0, 0.05) is 18.1 Å². The number of hydrogen-bond acceptors (Lipinski definition) is 3. The zero-order valence-corrected chi connectivity index (χ0v) is 11.5. The van der Waals surface area contributed by atoms with Crippen LogP contribution in [0.3, 0.4) is 0 Å². The Morgan fingerprint density at radius 3 is 2.53 bits per heavy atom. The highest BCUT2D eigenvalue weighted by Crippen LogP contribution is 2.18. The molecule has 0 saturated carbocycles. The van der Waals surface area contributed by atoms with E-state index < -0.39 is 21.3 Å². The van der Waals surface area contributed by atoms with Gasteiger partial charge in [-0.2, -0.15) is 0 Å². The standard InChI is InChI=1S/C12H13FN2O3S/c1-7-12(19(17,18)14-2)11(16)9-5-4-8(13)6-10(9)15(7)3/h4-6,14H,1-3H3. The fourth-order valence-electron chi connectivity index (χ4n) is 2.01. The van der Waals surface area contributed by atoms with E-state index in [-0.39, 0.29) is 16.0 Å². The van der Waals surface area contributed by atoms with Crippen LogP contribution in [0.2, 0.25) is 0 Å². The first-order chi connectivity index (χ1) is 8.79. The van der Waals surface area contributed by atoms with Gasteiger partial charge in [-0.15, -0.1) is 0 Å². The van der Waals surface area contributed by atoms with E-state index in [4.69, 9.17) is 0 Å². The van der Waals surface area contributed by atoms with E-state index in [0.29, 0.717) is 5.52 Å². The van der Waals surface area contributed by atoms with E-state index in [1.807, 2.05) is 0 Å². The van der Waals surface area contributed by atoms with E-state index in [2.05, 4.69) is 4.72 Å². The summed E-state index contributed by atoms with van der Waals surface area (Å²) in [4.78, 5) is 12.0. The Kier molecular flexibility index (Phi) is 3.19. The first kappa shape index (κ1) is 13.7. The second-order valence-electron chi connectivity index (χ2n) is 4.17. The molecule has 0 aliphatic carbocycles. The molecule has 7 heteroatoms. The highest BCUT2D eigenvalue weighted by atomic mass is 32.2. The number of fused-ring (bicyclic) bond motifs is 1. The largest absolute Gasteiger partial charge is 0.346 e. The first-order valence-corrected chi connectivity index (χ1v) is 7.00. The molecule has 2 rings (SSSR count). The quantitative estimate of drug-likeness (QED) is 0.890. The van der Waals surface area contributed by atoms with Crippen LogP contribution in [0, 0.1) is 12.7 Å². The van der Waals surface area contributed by atoms with Gasteiger partial charge in [0.25, 0.3) is 0 Å². The molecule has 0 saturated heterocycles. The summed E-state index contributed by atoms with van der Waals surface area (Å²) in [6.07, 6.45) is 0. The minimum Gasteiger partial charge on any atom is -0.346 e. The number of hydrogen-bond donors (Lipinski definition) is 1. The monoisotopic (exact) mass is 284 g/mol. The van der Waals surface area contributed by atoms with Gasteiger partial charge in [-0.1, -0.05) is 0 Å². The smallest absolute Gasteiger partial charge is 0.245 e. The molecular weight excluding hydrogens is 271 g/mol. The predicted octanol–water partition coefficient (Wildman–Crippen LogP) is 0.894. The third kappa shape index (κ3) is 2.04. The van der Waals surface area contributed by atoms with Crippen molar-refractivity contribution in [1.29, 1.82) is 0 Å². The lowest BCUT2D eigenvalue weighted by Crippen LogP contribution is -2.28. The Hall–Kier alpha value is -1.73. The van der Waals surface area contributed by atoms with Crippen LogP contribution < -0.4 is 10.2 Å². The van der Waals surface area contributed by atoms with Crippen molar-refractivity contribution >= 4 is 20.9 Å². The molecule has 0 spiro atoms. The number of benzene rings is 1. The summed E-state index contributed by atoms with van der Waals surface area (Å²) < 4.78 is 40.7. The molecule has 0 aliphatic rings. The minimum atomic E-state index is -3.86. The van der Waals surface area contributed by atoms with Gasteiger partial charge in [0.2, 0.25) is 15.5 Å². The minimum absolute atomic E-state index is 0.170. The lowest BCUT2D eigenvalue weighted by atomic mass is 10.2. The molecule has 0 bridgehead atoms. The molecule has 0 radical (unpaired) electrons. The van der Waals surface area contributed by atoms with Crippen molar-refractivity contribution in [1.82, 2.24) is 9.29 Å². The Morgan fingerprint density at radius 1 is 1.32 bits per heavy atom. The van der Waals surface area contributed by atoms with E-state index in [1.54, 1.807) is 7.05 Å². The van der Waals surface area contributed by atoms with Crippen LogP contribution in [-0.4, -0.2) is 20.0 Å². The van der Waals surface area contributed by atoms with Crippen LogP contribution in [0.25, 0.3) is 10.9 Å². The molecule has 5 nitrogen and oxygen atoms in total. The maximum absolute atomic E-state index is 13.2. The van der Waals surface area contributed by atoms with Crippen LogP contribution in [0.5, 0.6) is 0 Å². The fraction of sp³-hybridized carbons (Fsp3) is 0.250. The number of nitrogens with zero attached hydrogens (tertiary/aromatic N) is 1. The van der Waals surface area contributed by atoms with Crippen molar-refractivity contribution in [2.75, 3.05) is 7.05 Å². The molecule has 0 aliphatic heterocycles. The summed E-state index contributed by atoms with van der Waals surface area (Å²) in [6.45, 7) is 1.51.